The van der Waals surface area contributed by atoms with E-state index in [1.807, 2.05) is 6.07 Å². The Morgan fingerprint density at radius 2 is 1.85 bits per heavy atom. The van der Waals surface area contributed by atoms with E-state index in [1.165, 1.54) is 18.5 Å². The molecule has 1 spiro atoms. The molecule has 4 aliphatic rings. The molecule has 4 heterocycles. The lowest BCUT2D eigenvalue weighted by molar-refractivity contribution is -0.125. The van der Waals surface area contributed by atoms with E-state index in [-0.39, 0.29) is 36.8 Å². The van der Waals surface area contributed by atoms with Crippen LogP contribution in [0.5, 0.6) is 11.5 Å². The molecule has 41 heavy (non-hydrogen) atoms. The number of piperidine rings is 2. The minimum atomic E-state index is -0.702. The molecular weight excluding hydrogens is 520 g/mol. The van der Waals surface area contributed by atoms with Gasteiger partial charge in [0.2, 0.25) is 5.91 Å². The Morgan fingerprint density at radius 3 is 2.56 bits per heavy atom. The van der Waals surface area contributed by atoms with E-state index in [9.17, 15) is 14.4 Å². The lowest BCUT2D eigenvalue weighted by atomic mass is 9.89. The van der Waals surface area contributed by atoms with Crippen molar-refractivity contribution in [2.24, 2.45) is 5.92 Å². The molecule has 1 N–H and O–H groups in total. The highest BCUT2D eigenvalue weighted by atomic mass is 16.6. The average molecular weight is 561 g/mol. The number of likely N-dealkylation sites (tertiary alicyclic amines) is 1. The number of aldehydes is 1. The quantitative estimate of drug-likeness (QED) is 0.496. The second-order valence-electron chi connectivity index (χ2n) is 11.9. The van der Waals surface area contributed by atoms with Crippen LogP contribution in [0.4, 0.5) is 5.69 Å². The number of anilines is 1. The van der Waals surface area contributed by atoms with Gasteiger partial charge in [-0.3, -0.25) is 9.59 Å². The molecule has 2 aromatic carbocycles. The monoisotopic (exact) mass is 560 g/mol. The summed E-state index contributed by atoms with van der Waals surface area (Å²) in [5, 5.41) is 2.63. The normalized spacial score (nSPS) is 21.0. The summed E-state index contributed by atoms with van der Waals surface area (Å²) >= 11 is 0. The standard InChI is InChI=1S/C32H40N4O5/c1-33-30(38)27(8-5-19-37)36-21-26-25(31(36)39)9-10-28-29(26)40-22-32(41-28)13-17-34(18-14-32)20-23-11-15-35(16-12-23)24-6-3-2-4-7-24/h2-4,6-7,9-10,19,23,27H,5,8,11-18,20-22H2,1H3,(H,33,38)/t27-/m0/s1. The van der Waals surface area contributed by atoms with Crippen LogP contribution in [0.2, 0.25) is 0 Å². The van der Waals surface area contributed by atoms with Gasteiger partial charge in [-0.05, 0) is 49.4 Å². The number of fused-ring (bicyclic) bond motifs is 3. The highest BCUT2D eigenvalue weighted by Gasteiger charge is 2.44. The number of hydrogen-bond donors (Lipinski definition) is 1. The second kappa shape index (κ2) is 11.7. The number of amides is 2. The average Bonchev–Trinajstić information content (AvgIpc) is 3.35. The van der Waals surface area contributed by atoms with Crippen LogP contribution in [0, 0.1) is 5.92 Å². The molecule has 0 aliphatic carbocycles. The lowest BCUT2D eigenvalue weighted by Gasteiger charge is -2.45. The Morgan fingerprint density at radius 1 is 1.10 bits per heavy atom. The Bertz CT molecular complexity index is 1270. The van der Waals surface area contributed by atoms with E-state index in [1.54, 1.807) is 18.0 Å². The summed E-state index contributed by atoms with van der Waals surface area (Å²) in [6, 6.07) is 13.6. The largest absolute Gasteiger partial charge is 0.485 e. The first-order chi connectivity index (χ1) is 20.0. The van der Waals surface area contributed by atoms with Gasteiger partial charge in [-0.1, -0.05) is 18.2 Å². The summed E-state index contributed by atoms with van der Waals surface area (Å²) in [4.78, 5) is 43.4. The van der Waals surface area contributed by atoms with Crippen LogP contribution in [-0.4, -0.2) is 85.9 Å². The minimum Gasteiger partial charge on any atom is -0.485 e. The Hall–Kier alpha value is -3.59. The molecule has 2 fully saturated rings. The van der Waals surface area contributed by atoms with Crippen LogP contribution in [-0.2, 0) is 16.1 Å². The predicted octanol–water partition coefficient (Wildman–Crippen LogP) is 3.26. The predicted molar refractivity (Wildman–Crippen MR) is 155 cm³/mol. The maximum absolute atomic E-state index is 13.2. The van der Waals surface area contributed by atoms with Gasteiger partial charge in [0.05, 0.1) is 6.54 Å². The van der Waals surface area contributed by atoms with Gasteiger partial charge in [-0.2, -0.15) is 0 Å². The summed E-state index contributed by atoms with van der Waals surface area (Å²) in [6.07, 6.45) is 5.53. The fourth-order valence-electron chi connectivity index (χ4n) is 6.91. The van der Waals surface area contributed by atoms with Crippen LogP contribution in [0.25, 0.3) is 0 Å². The third kappa shape index (κ3) is 5.52. The zero-order valence-corrected chi connectivity index (χ0v) is 23.8. The first-order valence-electron chi connectivity index (χ1n) is 15.0. The first-order valence-corrected chi connectivity index (χ1v) is 15.0. The summed E-state index contributed by atoms with van der Waals surface area (Å²) < 4.78 is 13.0. The molecule has 0 aromatic heterocycles. The van der Waals surface area contributed by atoms with Gasteiger partial charge in [-0.15, -0.1) is 0 Å². The molecule has 218 valence electrons. The van der Waals surface area contributed by atoms with Crippen LogP contribution < -0.4 is 19.7 Å². The number of likely N-dealkylation sites (N-methyl/N-ethyl adjacent to an activating group) is 1. The summed E-state index contributed by atoms with van der Waals surface area (Å²) in [6.45, 7) is 6.06. The van der Waals surface area contributed by atoms with Crippen molar-refractivity contribution in [1.82, 2.24) is 15.1 Å². The van der Waals surface area contributed by atoms with E-state index in [4.69, 9.17) is 9.47 Å². The molecule has 2 saturated heterocycles. The van der Waals surface area contributed by atoms with Crippen molar-refractivity contribution in [2.45, 2.75) is 56.7 Å². The molecule has 0 unspecified atom stereocenters. The smallest absolute Gasteiger partial charge is 0.255 e. The number of ether oxygens (including phenoxy) is 2. The van der Waals surface area contributed by atoms with Crippen LogP contribution in [0.3, 0.4) is 0 Å². The number of rotatable bonds is 8. The van der Waals surface area contributed by atoms with Gasteiger partial charge in [0.15, 0.2) is 11.5 Å². The van der Waals surface area contributed by atoms with Gasteiger partial charge in [0, 0.05) is 75.8 Å². The topological polar surface area (TPSA) is 91.4 Å². The molecule has 6 rings (SSSR count). The van der Waals surface area contributed by atoms with Gasteiger partial charge >= 0.3 is 0 Å². The van der Waals surface area contributed by atoms with Gasteiger partial charge in [0.25, 0.3) is 5.91 Å². The van der Waals surface area contributed by atoms with E-state index in [0.717, 1.165) is 63.3 Å². The number of nitrogens with one attached hydrogen (secondary N) is 1. The Labute approximate surface area is 241 Å². The number of carbonyl (C=O) groups is 3. The highest BCUT2D eigenvalue weighted by Crippen LogP contribution is 2.45. The Kier molecular flexibility index (Phi) is 7.88. The molecule has 9 heteroatoms. The molecule has 9 nitrogen and oxygen atoms in total. The van der Waals surface area contributed by atoms with E-state index >= 15 is 0 Å². The third-order valence-corrected chi connectivity index (χ3v) is 9.35. The number of para-hydroxylation sites is 1. The van der Waals surface area contributed by atoms with E-state index < -0.39 is 6.04 Å². The van der Waals surface area contributed by atoms with Gasteiger partial charge in [0.1, 0.15) is 24.5 Å². The van der Waals surface area contributed by atoms with Crippen molar-refractivity contribution in [3.8, 4) is 11.5 Å². The lowest BCUT2D eigenvalue weighted by Crippen LogP contribution is -2.54. The van der Waals surface area contributed by atoms with Crippen molar-refractivity contribution >= 4 is 23.8 Å². The number of carbonyl (C=O) groups excluding carboxylic acids is 3. The van der Waals surface area contributed by atoms with Crippen molar-refractivity contribution in [3.05, 3.63) is 53.6 Å². The van der Waals surface area contributed by atoms with Gasteiger partial charge in [-0.25, -0.2) is 0 Å². The van der Waals surface area contributed by atoms with Crippen molar-refractivity contribution < 1.29 is 23.9 Å². The maximum Gasteiger partial charge on any atom is 0.255 e. The summed E-state index contributed by atoms with van der Waals surface area (Å²) in [5.41, 5.74) is 2.27. The summed E-state index contributed by atoms with van der Waals surface area (Å²) in [5.74, 6) is 1.53. The van der Waals surface area contributed by atoms with Crippen LogP contribution in [0.15, 0.2) is 42.5 Å². The van der Waals surface area contributed by atoms with Crippen LogP contribution in [0.1, 0.15) is 54.4 Å². The van der Waals surface area contributed by atoms with Crippen molar-refractivity contribution in [2.75, 3.05) is 51.3 Å². The molecule has 0 radical (unpaired) electrons. The fourth-order valence-corrected chi connectivity index (χ4v) is 6.91. The zero-order valence-electron chi connectivity index (χ0n) is 23.8. The molecule has 4 aliphatic heterocycles. The third-order valence-electron chi connectivity index (χ3n) is 9.35. The molecule has 2 amide bonds. The van der Waals surface area contributed by atoms with Gasteiger partial charge < -0.3 is 34.3 Å². The van der Waals surface area contributed by atoms with Crippen molar-refractivity contribution in [3.63, 3.8) is 0 Å². The van der Waals surface area contributed by atoms with Crippen LogP contribution >= 0.6 is 0 Å². The molecular formula is C32H40N4O5. The maximum atomic E-state index is 13.2. The van der Waals surface area contributed by atoms with E-state index in [0.29, 0.717) is 23.7 Å². The minimum absolute atomic E-state index is 0.211. The molecule has 0 bridgehead atoms. The second-order valence-corrected chi connectivity index (χ2v) is 11.9. The highest BCUT2D eigenvalue weighted by molar-refractivity contribution is 6.02. The SMILES string of the molecule is CNC(=O)[C@H](CCC=O)N1Cc2c(ccc3c2OCC2(CCN(CC4CCN(c5ccccc5)CC4)CC2)O3)C1=O. The number of nitrogens with zero attached hydrogens (tertiary/aromatic N) is 3. The first kappa shape index (κ1) is 27.6. The van der Waals surface area contributed by atoms with E-state index in [2.05, 4.69) is 45.4 Å². The Balaban J connectivity index is 1.05. The number of hydrogen-bond acceptors (Lipinski definition) is 7. The molecule has 0 saturated carbocycles. The number of benzene rings is 2. The molecule has 2 aromatic rings. The van der Waals surface area contributed by atoms with Crippen molar-refractivity contribution in [1.29, 1.82) is 0 Å². The zero-order chi connectivity index (χ0) is 28.4. The summed E-state index contributed by atoms with van der Waals surface area (Å²) in [7, 11) is 1.54. The molecule has 1 atom stereocenters. The fraction of sp³-hybridized carbons (Fsp3) is 0.531.